The van der Waals surface area contributed by atoms with E-state index in [1.165, 1.54) is 10.9 Å². The predicted molar refractivity (Wildman–Crippen MR) is 141 cm³/mol. The number of phosphoric acid groups is 2. The molecule has 0 aliphatic carbocycles. The smallest absolute Gasteiger partial charge is 0.387 e. The second-order valence-corrected chi connectivity index (χ2v) is 12.9. The van der Waals surface area contributed by atoms with Crippen LogP contribution in [-0.2, 0) is 41.5 Å². The molecule has 0 saturated carbocycles. The molecular formula is C20H23N9O13P2. The van der Waals surface area contributed by atoms with Crippen LogP contribution in [0.25, 0.3) is 11.2 Å². The summed E-state index contributed by atoms with van der Waals surface area (Å²) < 4.78 is 59.9. The number of fused-ring (bicyclic) bond motifs is 5. The minimum Gasteiger partial charge on any atom is -0.387 e. The van der Waals surface area contributed by atoms with E-state index in [1.807, 2.05) is 0 Å². The van der Waals surface area contributed by atoms with Crippen LogP contribution in [0.4, 0.5) is 5.82 Å². The first-order chi connectivity index (χ1) is 20.9. The first kappa shape index (κ1) is 29.6. The van der Waals surface area contributed by atoms with E-state index in [0.717, 1.165) is 12.7 Å². The van der Waals surface area contributed by atoms with Crippen molar-refractivity contribution in [3.8, 4) is 0 Å². The SMILES string of the molecule is Nc1ncnc2c1ncn2[C@@H]1O[C@@H]2COP(=O)(O)O[C@@H]3[C@H](O)[C@@H](COP(=O)(O)O[C@H]2[C@H]1O)O[C@H]3C1=NNC2C(=O)N=CN=C12. The number of hydrogen-bond donors (Lipinski definition) is 6. The molecule has 236 valence electrons. The maximum absolute atomic E-state index is 13.1. The maximum Gasteiger partial charge on any atom is 0.472 e. The van der Waals surface area contributed by atoms with Gasteiger partial charge in [0, 0.05) is 0 Å². The molecule has 7 N–H and O–H groups in total. The van der Waals surface area contributed by atoms with Crippen molar-refractivity contribution in [3.05, 3.63) is 12.7 Å². The maximum atomic E-state index is 13.1. The van der Waals surface area contributed by atoms with Crippen LogP contribution in [0, 0.1) is 0 Å². The average Bonchev–Trinajstić information content (AvgIpc) is 3.73. The lowest BCUT2D eigenvalue weighted by Crippen LogP contribution is -2.45. The fraction of sp³-hybridized carbons (Fsp3) is 0.550. The van der Waals surface area contributed by atoms with E-state index in [1.54, 1.807) is 0 Å². The molecule has 2 aromatic rings. The highest BCUT2D eigenvalue weighted by Crippen LogP contribution is 2.52. The molecule has 3 fully saturated rings. The Balaban J connectivity index is 1.18. The summed E-state index contributed by atoms with van der Waals surface area (Å²) >= 11 is 0. The standard InChI is InChI=1S/C20H23N9O13P2/c21-17-11-18(24-4-23-17)29(5-26-11)20-13(31)14-7(40-20)2-38-44(35,36)42-16-12(30)6(1-37-43(33,34)41-14)39-15(16)9-8-10(28-27-9)19(32)25-3-22-8/h3-7,10,12-16,20,28,30-31H,1-2H2,(H,33,34)(H,35,36)(H2,21,23,24)/t6-,7-,10?,12-,13-,14-,15+,16-,20-/m1/s1. The fourth-order valence-corrected chi connectivity index (χ4v) is 7.23. The summed E-state index contributed by atoms with van der Waals surface area (Å²) in [5.74, 6) is -0.579. The van der Waals surface area contributed by atoms with Crippen LogP contribution in [-0.4, -0.2) is 125 Å². The molecule has 24 heteroatoms. The molecular weight excluding hydrogens is 636 g/mol. The van der Waals surface area contributed by atoms with Gasteiger partial charge in [-0.1, -0.05) is 0 Å². The number of nitrogens with zero attached hydrogens (tertiary/aromatic N) is 7. The number of aromatic nitrogens is 4. The predicted octanol–water partition coefficient (Wildman–Crippen LogP) is -2.85. The van der Waals surface area contributed by atoms with Gasteiger partial charge >= 0.3 is 15.6 Å². The summed E-state index contributed by atoms with van der Waals surface area (Å²) in [6, 6.07) is -1.06. The lowest BCUT2D eigenvalue weighted by Gasteiger charge is -2.25. The molecule has 5 aliphatic rings. The van der Waals surface area contributed by atoms with E-state index in [9.17, 15) is 33.9 Å². The Bertz CT molecular complexity index is 1700. The summed E-state index contributed by atoms with van der Waals surface area (Å²) in [5, 5.41) is 26.1. The highest BCUT2D eigenvalue weighted by molar-refractivity contribution is 7.47. The van der Waals surface area contributed by atoms with Gasteiger partial charge in [0.1, 0.15) is 72.3 Å². The summed E-state index contributed by atoms with van der Waals surface area (Å²) in [5.41, 5.74) is 8.68. The Hall–Kier alpha value is -3.11. The van der Waals surface area contributed by atoms with Crippen molar-refractivity contribution in [2.45, 2.75) is 55.0 Å². The Morgan fingerprint density at radius 2 is 1.68 bits per heavy atom. The zero-order valence-corrected chi connectivity index (χ0v) is 23.7. The summed E-state index contributed by atoms with van der Waals surface area (Å²) in [7, 11) is -10.1. The van der Waals surface area contributed by atoms with Crippen molar-refractivity contribution < 1.29 is 61.5 Å². The Morgan fingerprint density at radius 3 is 2.45 bits per heavy atom. The third-order valence-electron chi connectivity index (χ3n) is 7.37. The number of rotatable bonds is 2. The van der Waals surface area contributed by atoms with E-state index < -0.39 is 89.8 Å². The van der Waals surface area contributed by atoms with Gasteiger partial charge in [0.2, 0.25) is 0 Å². The second-order valence-electron chi connectivity index (χ2n) is 10.0. The highest BCUT2D eigenvalue weighted by Gasteiger charge is 2.55. The monoisotopic (exact) mass is 659 g/mol. The number of nitrogens with two attached hydrogens (primary N) is 1. The molecule has 7 heterocycles. The number of ether oxygens (including phenoxy) is 2. The molecule has 0 radical (unpaired) electrons. The van der Waals surface area contributed by atoms with Crippen LogP contribution < -0.4 is 11.2 Å². The van der Waals surface area contributed by atoms with Gasteiger partial charge in [-0.05, 0) is 0 Å². The van der Waals surface area contributed by atoms with E-state index >= 15 is 0 Å². The molecule has 0 spiro atoms. The largest absolute Gasteiger partial charge is 0.472 e. The van der Waals surface area contributed by atoms with Crippen molar-refractivity contribution in [1.82, 2.24) is 24.9 Å². The van der Waals surface area contributed by atoms with E-state index in [0.29, 0.717) is 0 Å². The van der Waals surface area contributed by atoms with E-state index in [2.05, 4.69) is 35.5 Å². The Morgan fingerprint density at radius 1 is 0.955 bits per heavy atom. The number of imidazole rings is 1. The molecule has 0 aromatic carbocycles. The number of phosphoric ester groups is 2. The fourth-order valence-electron chi connectivity index (χ4n) is 5.33. The third kappa shape index (κ3) is 5.07. The van der Waals surface area contributed by atoms with Gasteiger partial charge in [-0.3, -0.25) is 32.9 Å². The van der Waals surface area contributed by atoms with Gasteiger partial charge in [-0.15, -0.1) is 0 Å². The number of carbonyl (C=O) groups is 1. The number of hydrogen-bond acceptors (Lipinski definition) is 18. The lowest BCUT2D eigenvalue weighted by atomic mass is 9.98. The van der Waals surface area contributed by atoms with Gasteiger partial charge < -0.3 is 35.2 Å². The first-order valence-corrected chi connectivity index (χ1v) is 15.8. The Labute approximate surface area is 244 Å². The number of nitrogens with one attached hydrogen (secondary N) is 1. The average molecular weight is 659 g/mol. The number of aliphatic hydroxyl groups excluding tert-OH is 2. The topological polar surface area (TPSA) is 306 Å². The molecule has 2 bridgehead atoms. The molecule has 3 unspecified atom stereocenters. The zero-order valence-electron chi connectivity index (χ0n) is 21.9. The van der Waals surface area contributed by atoms with Crippen LogP contribution in [0.3, 0.4) is 0 Å². The van der Waals surface area contributed by atoms with Gasteiger partial charge in [-0.2, -0.15) is 10.1 Å². The van der Waals surface area contributed by atoms with Crippen molar-refractivity contribution in [3.63, 3.8) is 0 Å². The quantitative estimate of drug-likeness (QED) is 0.177. The third-order valence-corrected chi connectivity index (χ3v) is 9.34. The van der Waals surface area contributed by atoms with Crippen molar-refractivity contribution >= 4 is 56.3 Å². The molecule has 44 heavy (non-hydrogen) atoms. The van der Waals surface area contributed by atoms with Gasteiger partial charge in [0.05, 0.1) is 19.5 Å². The van der Waals surface area contributed by atoms with E-state index in [-0.39, 0.29) is 28.4 Å². The molecule has 7 rings (SSSR count). The molecule has 2 aromatic heterocycles. The van der Waals surface area contributed by atoms with Crippen LogP contribution in [0.5, 0.6) is 0 Å². The number of nitrogen functional groups attached to an aromatic ring is 1. The number of hydrazone groups is 1. The summed E-state index contributed by atoms with van der Waals surface area (Å²) in [6.07, 6.45) is -9.09. The minimum absolute atomic E-state index is 0.0394. The molecule has 11 atom stereocenters. The van der Waals surface area contributed by atoms with Crippen LogP contribution >= 0.6 is 15.6 Å². The van der Waals surface area contributed by atoms with Crippen molar-refractivity contribution in [1.29, 1.82) is 0 Å². The molecule has 22 nitrogen and oxygen atoms in total. The molecule has 3 saturated heterocycles. The Kier molecular flexibility index (Phi) is 7.23. The normalized spacial score (nSPS) is 42.5. The van der Waals surface area contributed by atoms with E-state index in [4.69, 9.17) is 33.3 Å². The van der Waals surface area contributed by atoms with Crippen LogP contribution in [0.2, 0.25) is 0 Å². The van der Waals surface area contributed by atoms with Crippen molar-refractivity contribution in [2.75, 3.05) is 18.9 Å². The van der Waals surface area contributed by atoms with Crippen molar-refractivity contribution in [2.24, 2.45) is 15.1 Å². The molecule has 1 amide bonds. The summed E-state index contributed by atoms with van der Waals surface area (Å²) in [4.78, 5) is 52.9. The highest BCUT2D eigenvalue weighted by atomic mass is 31.2. The second kappa shape index (κ2) is 10.8. The molecule has 5 aliphatic heterocycles. The van der Waals surface area contributed by atoms with Crippen LogP contribution in [0.15, 0.2) is 27.7 Å². The first-order valence-electron chi connectivity index (χ1n) is 12.8. The van der Waals surface area contributed by atoms with Gasteiger partial charge in [0.15, 0.2) is 23.7 Å². The number of anilines is 1. The summed E-state index contributed by atoms with van der Waals surface area (Å²) in [6.45, 7) is -1.62. The number of amides is 1. The van der Waals surface area contributed by atoms with Crippen LogP contribution in [0.1, 0.15) is 6.23 Å². The zero-order chi connectivity index (χ0) is 31.0. The number of aliphatic hydroxyl groups is 2. The number of carbonyl (C=O) groups excluding carboxylic acids is 1. The van der Waals surface area contributed by atoms with Gasteiger partial charge in [0.25, 0.3) is 5.91 Å². The lowest BCUT2D eigenvalue weighted by molar-refractivity contribution is -0.118. The number of aliphatic imine (C=N–C) groups is 2. The minimum atomic E-state index is -5.08. The van der Waals surface area contributed by atoms with Gasteiger partial charge in [-0.25, -0.2) is 29.1 Å².